The lowest BCUT2D eigenvalue weighted by atomic mass is 10.00. The van der Waals surface area contributed by atoms with E-state index in [4.69, 9.17) is 5.73 Å². The van der Waals surface area contributed by atoms with Gasteiger partial charge in [0.25, 0.3) is 0 Å². The fourth-order valence-electron chi connectivity index (χ4n) is 2.26. The Hall–Kier alpha value is -2.14. The third kappa shape index (κ3) is 2.45. The van der Waals surface area contributed by atoms with Gasteiger partial charge in [-0.15, -0.1) is 0 Å². The summed E-state index contributed by atoms with van der Waals surface area (Å²) in [5, 5.41) is 6.97. The summed E-state index contributed by atoms with van der Waals surface area (Å²) in [6, 6.07) is 12.8. The van der Waals surface area contributed by atoms with Gasteiger partial charge in [0.05, 0.1) is 15.7 Å². The molecule has 0 unspecified atom stereocenters. The number of hydrogen-bond donors (Lipinski definition) is 2. The highest BCUT2D eigenvalue weighted by Crippen LogP contribution is 2.38. The molecule has 0 fully saturated rings. The zero-order valence-corrected chi connectivity index (χ0v) is 12.9. The van der Waals surface area contributed by atoms with E-state index in [0.717, 1.165) is 16.7 Å². The third-order valence-electron chi connectivity index (χ3n) is 3.36. The van der Waals surface area contributed by atoms with E-state index in [1.165, 1.54) is 6.07 Å². The van der Waals surface area contributed by atoms with Crippen LogP contribution in [0.2, 0.25) is 0 Å². The number of anilines is 1. The second kappa shape index (κ2) is 5.33. The lowest BCUT2D eigenvalue weighted by molar-refractivity contribution is 0.621. The first-order valence-corrected chi connectivity index (χ1v) is 7.22. The molecule has 106 valence electrons. The van der Waals surface area contributed by atoms with Crippen molar-refractivity contribution in [2.24, 2.45) is 0 Å². The van der Waals surface area contributed by atoms with E-state index in [9.17, 15) is 4.39 Å². The summed E-state index contributed by atoms with van der Waals surface area (Å²) in [6.07, 6.45) is 0. The lowest BCUT2D eigenvalue weighted by Gasteiger charge is -2.07. The van der Waals surface area contributed by atoms with Gasteiger partial charge in [-0.25, -0.2) is 4.39 Å². The zero-order valence-electron chi connectivity index (χ0n) is 11.3. The summed E-state index contributed by atoms with van der Waals surface area (Å²) >= 11 is 3.28. The first-order valence-electron chi connectivity index (χ1n) is 6.43. The van der Waals surface area contributed by atoms with Crippen LogP contribution >= 0.6 is 15.9 Å². The Bertz CT molecular complexity index is 794. The van der Waals surface area contributed by atoms with Crippen LogP contribution in [-0.2, 0) is 0 Å². The van der Waals surface area contributed by atoms with E-state index >= 15 is 0 Å². The Labute approximate surface area is 130 Å². The molecule has 3 aromatic rings. The molecule has 0 radical (unpaired) electrons. The van der Waals surface area contributed by atoms with Gasteiger partial charge in [0.2, 0.25) is 0 Å². The van der Waals surface area contributed by atoms with Crippen molar-refractivity contribution in [3.05, 3.63) is 58.3 Å². The average molecular weight is 346 g/mol. The third-order valence-corrected chi connectivity index (χ3v) is 4.16. The Morgan fingerprint density at radius 2 is 1.86 bits per heavy atom. The van der Waals surface area contributed by atoms with Crippen LogP contribution in [0, 0.1) is 12.7 Å². The van der Waals surface area contributed by atoms with Crippen LogP contribution in [-0.4, -0.2) is 10.2 Å². The minimum absolute atomic E-state index is 0.324. The van der Waals surface area contributed by atoms with Crippen molar-refractivity contribution in [3.63, 3.8) is 0 Å². The van der Waals surface area contributed by atoms with Gasteiger partial charge in [0.1, 0.15) is 5.82 Å². The predicted molar refractivity (Wildman–Crippen MR) is 86.3 cm³/mol. The van der Waals surface area contributed by atoms with Gasteiger partial charge in [-0.3, -0.25) is 5.10 Å². The summed E-state index contributed by atoms with van der Waals surface area (Å²) in [4.78, 5) is 0. The van der Waals surface area contributed by atoms with Crippen LogP contribution in [0.15, 0.2) is 46.9 Å². The molecule has 0 spiro atoms. The van der Waals surface area contributed by atoms with Crippen LogP contribution in [0.3, 0.4) is 0 Å². The summed E-state index contributed by atoms with van der Waals surface area (Å²) in [6.45, 7) is 2.02. The van der Waals surface area contributed by atoms with E-state index in [0.29, 0.717) is 21.5 Å². The highest BCUT2D eigenvalue weighted by molar-refractivity contribution is 9.10. The molecule has 0 atom stereocenters. The molecule has 1 aromatic heterocycles. The molecule has 3 N–H and O–H groups in total. The summed E-state index contributed by atoms with van der Waals surface area (Å²) < 4.78 is 14.1. The maximum Gasteiger partial charge on any atom is 0.153 e. The number of H-pyrrole nitrogens is 1. The van der Waals surface area contributed by atoms with E-state index in [1.807, 2.05) is 37.3 Å². The Balaban J connectivity index is 2.22. The number of nitrogens with one attached hydrogen (secondary N) is 1. The van der Waals surface area contributed by atoms with Crippen molar-refractivity contribution < 1.29 is 4.39 Å². The smallest absolute Gasteiger partial charge is 0.153 e. The molecule has 0 aliphatic carbocycles. The number of benzene rings is 2. The molecule has 3 rings (SSSR count). The standard InChI is InChI=1S/C16H13BrFN3/c1-9-5-7-10(8-6-9)13-15(20-21-16(13)19)11-3-2-4-12(18)14(11)17/h2-8H,1H3,(H3,19,20,21). The number of rotatable bonds is 2. The van der Waals surface area contributed by atoms with Crippen molar-refractivity contribution in [3.8, 4) is 22.4 Å². The Morgan fingerprint density at radius 1 is 1.14 bits per heavy atom. The van der Waals surface area contributed by atoms with Crippen LogP contribution in [0.4, 0.5) is 10.2 Å². The molecule has 1 heterocycles. The minimum atomic E-state index is -0.324. The van der Waals surface area contributed by atoms with Crippen molar-refractivity contribution in [1.82, 2.24) is 10.2 Å². The lowest BCUT2D eigenvalue weighted by Crippen LogP contribution is -1.90. The second-order valence-corrected chi connectivity index (χ2v) is 5.62. The van der Waals surface area contributed by atoms with Crippen LogP contribution < -0.4 is 5.73 Å². The normalized spacial score (nSPS) is 10.8. The van der Waals surface area contributed by atoms with E-state index < -0.39 is 0 Å². The summed E-state index contributed by atoms with van der Waals surface area (Å²) in [5.41, 5.74) is 10.3. The fraction of sp³-hybridized carbons (Fsp3) is 0.0625. The van der Waals surface area contributed by atoms with Gasteiger partial charge in [-0.1, -0.05) is 42.0 Å². The number of aromatic amines is 1. The van der Waals surface area contributed by atoms with Crippen LogP contribution in [0.25, 0.3) is 22.4 Å². The molecule has 3 nitrogen and oxygen atoms in total. The van der Waals surface area contributed by atoms with E-state index in [2.05, 4.69) is 26.1 Å². The highest BCUT2D eigenvalue weighted by Gasteiger charge is 2.17. The largest absolute Gasteiger partial charge is 0.382 e. The molecular formula is C16H13BrFN3. The van der Waals surface area contributed by atoms with Crippen molar-refractivity contribution in [2.45, 2.75) is 6.92 Å². The van der Waals surface area contributed by atoms with Crippen molar-refractivity contribution >= 4 is 21.7 Å². The van der Waals surface area contributed by atoms with Gasteiger partial charge < -0.3 is 5.73 Å². The Kier molecular flexibility index (Phi) is 3.51. The van der Waals surface area contributed by atoms with Crippen molar-refractivity contribution in [1.29, 1.82) is 0 Å². The zero-order chi connectivity index (χ0) is 15.0. The molecule has 0 saturated heterocycles. The van der Waals surface area contributed by atoms with Crippen LogP contribution in [0.5, 0.6) is 0 Å². The maximum atomic E-state index is 13.7. The number of hydrogen-bond acceptors (Lipinski definition) is 2. The van der Waals surface area contributed by atoms with E-state index in [-0.39, 0.29) is 5.82 Å². The molecule has 0 aliphatic heterocycles. The molecule has 0 bridgehead atoms. The first-order chi connectivity index (χ1) is 10.1. The molecule has 0 amide bonds. The van der Waals surface area contributed by atoms with Crippen LogP contribution in [0.1, 0.15) is 5.56 Å². The molecule has 21 heavy (non-hydrogen) atoms. The minimum Gasteiger partial charge on any atom is -0.382 e. The number of halogens is 2. The predicted octanol–water partition coefficient (Wildman–Crippen LogP) is 4.54. The molecule has 5 heteroatoms. The maximum absolute atomic E-state index is 13.7. The van der Waals surface area contributed by atoms with Gasteiger partial charge >= 0.3 is 0 Å². The number of nitrogens with zero attached hydrogens (tertiary/aromatic N) is 1. The Morgan fingerprint density at radius 3 is 2.57 bits per heavy atom. The number of nitrogen functional groups attached to an aromatic ring is 1. The quantitative estimate of drug-likeness (QED) is 0.716. The van der Waals surface area contributed by atoms with Gasteiger partial charge in [-0.2, -0.15) is 5.10 Å². The first kappa shape index (κ1) is 13.8. The highest BCUT2D eigenvalue weighted by atomic mass is 79.9. The number of aryl methyl sites for hydroxylation is 1. The van der Waals surface area contributed by atoms with Gasteiger partial charge in [0.15, 0.2) is 5.82 Å². The number of nitrogens with two attached hydrogens (primary N) is 1. The molecule has 2 aromatic carbocycles. The summed E-state index contributed by atoms with van der Waals surface area (Å²) in [7, 11) is 0. The topological polar surface area (TPSA) is 54.7 Å². The number of aromatic nitrogens is 2. The average Bonchev–Trinajstić information content (AvgIpc) is 2.85. The van der Waals surface area contributed by atoms with Crippen molar-refractivity contribution in [2.75, 3.05) is 5.73 Å². The van der Waals surface area contributed by atoms with Gasteiger partial charge in [-0.05, 0) is 34.5 Å². The SMILES string of the molecule is Cc1ccc(-c2c(N)n[nH]c2-c2cccc(F)c2Br)cc1. The van der Waals surface area contributed by atoms with E-state index in [1.54, 1.807) is 6.07 Å². The fourth-order valence-corrected chi connectivity index (χ4v) is 2.72. The monoisotopic (exact) mass is 345 g/mol. The van der Waals surface area contributed by atoms with Gasteiger partial charge in [0, 0.05) is 5.56 Å². The molecule has 0 saturated carbocycles. The molecule has 0 aliphatic rings. The molecular weight excluding hydrogens is 333 g/mol. The summed E-state index contributed by atoms with van der Waals surface area (Å²) in [5.74, 6) is 0.0699. The second-order valence-electron chi connectivity index (χ2n) is 4.83.